The summed E-state index contributed by atoms with van der Waals surface area (Å²) in [7, 11) is 0. The Labute approximate surface area is 80.8 Å². The molecule has 0 bridgehead atoms. The molecule has 0 amide bonds. The average molecular weight is 190 g/mol. The zero-order chi connectivity index (χ0) is 8.84. The highest BCUT2D eigenvalue weighted by Crippen LogP contribution is 2.36. The number of H-pyrrole nitrogens is 1. The van der Waals surface area contributed by atoms with Crippen molar-refractivity contribution in [1.29, 1.82) is 0 Å². The van der Waals surface area contributed by atoms with Gasteiger partial charge in [-0.1, -0.05) is 0 Å². The minimum atomic E-state index is 1.04. The van der Waals surface area contributed by atoms with Crippen LogP contribution in [0.15, 0.2) is 17.3 Å². The van der Waals surface area contributed by atoms with Gasteiger partial charge in [-0.2, -0.15) is 0 Å². The Morgan fingerprint density at radius 1 is 1.54 bits per heavy atom. The molecule has 0 atom stereocenters. The van der Waals surface area contributed by atoms with Crippen LogP contribution in [0, 0.1) is 6.92 Å². The van der Waals surface area contributed by atoms with Gasteiger partial charge in [-0.25, -0.2) is 4.98 Å². The van der Waals surface area contributed by atoms with Gasteiger partial charge >= 0.3 is 0 Å². The first kappa shape index (κ1) is 7.44. The van der Waals surface area contributed by atoms with Crippen LogP contribution in [0.25, 0.3) is 11.0 Å². The lowest BCUT2D eigenvalue weighted by Gasteiger charge is -2.12. The highest BCUT2D eigenvalue weighted by molar-refractivity contribution is 7.99. The van der Waals surface area contributed by atoms with Crippen LogP contribution in [0.5, 0.6) is 0 Å². The molecule has 0 fully saturated rings. The fraction of sp³-hybridized carbons (Fsp3) is 0.300. The standard InChI is InChI=1S/C10H10N2S/c1-6-4-11-10-8-7(5-12-10)2-3-13-9(6)8/h4-5H,2-3H2,1H3,(H,11,12). The fourth-order valence-corrected chi connectivity index (χ4v) is 3.05. The Hall–Kier alpha value is -0.960. The topological polar surface area (TPSA) is 28.7 Å². The van der Waals surface area contributed by atoms with E-state index in [0.29, 0.717) is 0 Å². The van der Waals surface area contributed by atoms with E-state index in [1.165, 1.54) is 33.6 Å². The van der Waals surface area contributed by atoms with E-state index in [2.05, 4.69) is 23.1 Å². The first-order valence-electron chi connectivity index (χ1n) is 4.44. The molecule has 1 N–H and O–H groups in total. The summed E-state index contributed by atoms with van der Waals surface area (Å²) < 4.78 is 0. The van der Waals surface area contributed by atoms with Crippen molar-refractivity contribution in [2.24, 2.45) is 0 Å². The van der Waals surface area contributed by atoms with Gasteiger partial charge in [-0.05, 0) is 24.5 Å². The summed E-state index contributed by atoms with van der Waals surface area (Å²) >= 11 is 1.95. The Kier molecular flexibility index (Phi) is 1.44. The minimum Gasteiger partial charge on any atom is -0.346 e. The van der Waals surface area contributed by atoms with Gasteiger partial charge < -0.3 is 4.98 Å². The number of nitrogens with zero attached hydrogens (tertiary/aromatic N) is 1. The number of hydrogen-bond donors (Lipinski definition) is 1. The molecule has 0 spiro atoms. The number of nitrogens with one attached hydrogen (secondary N) is 1. The first-order chi connectivity index (χ1) is 6.36. The zero-order valence-corrected chi connectivity index (χ0v) is 8.24. The van der Waals surface area contributed by atoms with Crippen molar-refractivity contribution in [3.8, 4) is 0 Å². The molecular formula is C10H10N2S. The number of aromatic nitrogens is 2. The van der Waals surface area contributed by atoms with Crippen molar-refractivity contribution in [3.63, 3.8) is 0 Å². The van der Waals surface area contributed by atoms with Gasteiger partial charge in [0.25, 0.3) is 0 Å². The molecule has 0 radical (unpaired) electrons. The molecule has 13 heavy (non-hydrogen) atoms. The van der Waals surface area contributed by atoms with E-state index in [1.54, 1.807) is 0 Å². The molecule has 0 saturated heterocycles. The second-order valence-corrected chi connectivity index (χ2v) is 4.51. The number of aryl methyl sites for hydroxylation is 2. The summed E-state index contributed by atoms with van der Waals surface area (Å²) in [5.74, 6) is 1.20. The van der Waals surface area contributed by atoms with Crippen LogP contribution in [0.4, 0.5) is 0 Å². The maximum Gasteiger partial charge on any atom is 0.138 e. The third kappa shape index (κ3) is 0.936. The zero-order valence-electron chi connectivity index (χ0n) is 7.42. The molecule has 3 heterocycles. The van der Waals surface area contributed by atoms with Gasteiger partial charge in [0, 0.05) is 28.4 Å². The van der Waals surface area contributed by atoms with Gasteiger partial charge in [-0.3, -0.25) is 0 Å². The predicted molar refractivity (Wildman–Crippen MR) is 55.3 cm³/mol. The molecule has 3 heteroatoms. The number of aromatic amines is 1. The van der Waals surface area contributed by atoms with Gasteiger partial charge in [0.1, 0.15) is 5.65 Å². The number of rotatable bonds is 0. The van der Waals surface area contributed by atoms with Crippen molar-refractivity contribution < 1.29 is 0 Å². The van der Waals surface area contributed by atoms with E-state index in [0.717, 1.165) is 5.65 Å². The lowest BCUT2D eigenvalue weighted by molar-refractivity contribution is 1.14. The number of hydrogen-bond acceptors (Lipinski definition) is 2. The minimum absolute atomic E-state index is 1.04. The summed E-state index contributed by atoms with van der Waals surface area (Å²) in [6.07, 6.45) is 5.22. The maximum absolute atomic E-state index is 4.38. The summed E-state index contributed by atoms with van der Waals surface area (Å²) in [5, 5.41) is 1.36. The van der Waals surface area contributed by atoms with Crippen LogP contribution in [0.3, 0.4) is 0 Å². The van der Waals surface area contributed by atoms with Crippen LogP contribution in [-0.2, 0) is 6.42 Å². The fourth-order valence-electron chi connectivity index (χ4n) is 1.87. The van der Waals surface area contributed by atoms with Crippen LogP contribution < -0.4 is 0 Å². The molecule has 0 saturated carbocycles. The van der Waals surface area contributed by atoms with Crippen molar-refractivity contribution in [2.75, 3.05) is 5.75 Å². The first-order valence-corrected chi connectivity index (χ1v) is 5.43. The molecule has 0 aliphatic carbocycles. The van der Waals surface area contributed by atoms with Crippen LogP contribution in [0.2, 0.25) is 0 Å². The van der Waals surface area contributed by atoms with Crippen molar-refractivity contribution >= 4 is 22.8 Å². The lowest BCUT2D eigenvalue weighted by Crippen LogP contribution is -1.97. The summed E-state index contributed by atoms with van der Waals surface area (Å²) in [6, 6.07) is 0. The second-order valence-electron chi connectivity index (χ2n) is 3.41. The number of thioether (sulfide) groups is 1. The summed E-state index contributed by atoms with van der Waals surface area (Å²) in [4.78, 5) is 9.02. The van der Waals surface area contributed by atoms with Crippen molar-refractivity contribution in [2.45, 2.75) is 18.2 Å². The van der Waals surface area contributed by atoms with Gasteiger partial charge in [0.2, 0.25) is 0 Å². The smallest absolute Gasteiger partial charge is 0.138 e. The molecular weight excluding hydrogens is 180 g/mol. The highest BCUT2D eigenvalue weighted by atomic mass is 32.2. The van der Waals surface area contributed by atoms with Crippen LogP contribution in [0.1, 0.15) is 11.1 Å². The molecule has 1 aliphatic heterocycles. The van der Waals surface area contributed by atoms with Gasteiger partial charge in [0.05, 0.1) is 0 Å². The SMILES string of the molecule is Cc1cnc2[nH]cc3c2c1SCC3. The molecule has 0 unspecified atom stereocenters. The van der Waals surface area contributed by atoms with E-state index >= 15 is 0 Å². The third-order valence-corrected chi connectivity index (χ3v) is 3.75. The molecule has 2 nitrogen and oxygen atoms in total. The predicted octanol–water partition coefficient (Wildman–Crippen LogP) is 2.52. The third-order valence-electron chi connectivity index (χ3n) is 2.53. The van der Waals surface area contributed by atoms with E-state index in [1.807, 2.05) is 18.0 Å². The van der Waals surface area contributed by atoms with Crippen LogP contribution >= 0.6 is 11.8 Å². The lowest BCUT2D eigenvalue weighted by atomic mass is 10.1. The molecule has 1 aliphatic rings. The number of pyridine rings is 1. The highest BCUT2D eigenvalue weighted by Gasteiger charge is 2.16. The molecule has 2 aromatic heterocycles. The van der Waals surface area contributed by atoms with E-state index < -0.39 is 0 Å². The Balaban J connectivity index is 2.50. The molecule has 0 aromatic carbocycles. The van der Waals surface area contributed by atoms with Crippen LogP contribution in [-0.4, -0.2) is 15.7 Å². The van der Waals surface area contributed by atoms with Crippen molar-refractivity contribution in [1.82, 2.24) is 9.97 Å². The monoisotopic (exact) mass is 190 g/mol. The van der Waals surface area contributed by atoms with Gasteiger partial charge in [0.15, 0.2) is 0 Å². The normalized spacial score (nSPS) is 15.2. The Morgan fingerprint density at radius 2 is 2.46 bits per heavy atom. The average Bonchev–Trinajstić information content (AvgIpc) is 2.57. The largest absolute Gasteiger partial charge is 0.346 e. The maximum atomic E-state index is 4.38. The summed E-state index contributed by atoms with van der Waals surface area (Å²) in [5.41, 5.74) is 3.78. The van der Waals surface area contributed by atoms with E-state index in [4.69, 9.17) is 0 Å². The van der Waals surface area contributed by atoms with Crippen molar-refractivity contribution in [3.05, 3.63) is 23.5 Å². The molecule has 3 rings (SSSR count). The quantitative estimate of drug-likeness (QED) is 0.691. The van der Waals surface area contributed by atoms with E-state index in [9.17, 15) is 0 Å². The molecule has 66 valence electrons. The molecule has 2 aromatic rings. The summed E-state index contributed by atoms with van der Waals surface area (Å²) in [6.45, 7) is 2.14. The Morgan fingerprint density at radius 3 is 3.38 bits per heavy atom. The van der Waals surface area contributed by atoms with E-state index in [-0.39, 0.29) is 0 Å². The Bertz CT molecular complexity index is 473. The second kappa shape index (κ2) is 2.51. The van der Waals surface area contributed by atoms with Gasteiger partial charge in [-0.15, -0.1) is 11.8 Å².